The van der Waals surface area contributed by atoms with E-state index in [2.05, 4.69) is 56.7 Å². The molecule has 5 rings (SSSR count). The highest BCUT2D eigenvalue weighted by Gasteiger charge is 2.29. The highest BCUT2D eigenvalue weighted by Crippen LogP contribution is 2.35. The van der Waals surface area contributed by atoms with Crippen LogP contribution in [0.3, 0.4) is 0 Å². The normalized spacial score (nSPS) is 22.9. The van der Waals surface area contributed by atoms with Crippen LogP contribution in [-0.2, 0) is 0 Å². The van der Waals surface area contributed by atoms with E-state index in [1.807, 2.05) is 6.92 Å². The molecule has 6 nitrogen and oxygen atoms in total. The first-order valence-electron chi connectivity index (χ1n) is 11.3. The molecule has 0 saturated carbocycles. The van der Waals surface area contributed by atoms with Gasteiger partial charge >= 0.3 is 0 Å². The van der Waals surface area contributed by atoms with Gasteiger partial charge in [0.25, 0.3) is 0 Å². The van der Waals surface area contributed by atoms with Gasteiger partial charge in [-0.1, -0.05) is 6.07 Å². The summed E-state index contributed by atoms with van der Waals surface area (Å²) >= 11 is 0. The van der Waals surface area contributed by atoms with Crippen molar-refractivity contribution in [3.05, 3.63) is 58.9 Å². The molecule has 2 saturated heterocycles. The van der Waals surface area contributed by atoms with Crippen LogP contribution < -0.4 is 10.2 Å². The number of aromatic nitrogens is 3. The molecule has 164 valence electrons. The number of rotatable bonds is 3. The summed E-state index contributed by atoms with van der Waals surface area (Å²) in [5.41, 5.74) is 5.18. The molecule has 5 heterocycles. The zero-order chi connectivity index (χ0) is 21.5. The van der Waals surface area contributed by atoms with Gasteiger partial charge in [0.15, 0.2) is 0 Å². The Balaban J connectivity index is 1.46. The summed E-state index contributed by atoms with van der Waals surface area (Å²) in [5.74, 6) is 0.950. The van der Waals surface area contributed by atoms with E-state index < -0.39 is 0 Å². The number of nitrogens with one attached hydrogen (secondary N) is 1. The molecule has 2 fully saturated rings. The molecular weight excluding hydrogens is 391 g/mol. The number of likely N-dealkylation sites (N-methyl/N-ethyl adjacent to an activating group) is 1. The number of nitrogens with zero attached hydrogens (tertiary/aromatic N) is 5. The molecule has 2 aliphatic rings. The third kappa shape index (κ3) is 3.81. The van der Waals surface area contributed by atoms with E-state index in [-0.39, 0.29) is 17.9 Å². The van der Waals surface area contributed by atoms with Crippen LogP contribution in [-0.4, -0.2) is 52.5 Å². The Morgan fingerprint density at radius 3 is 2.52 bits per heavy atom. The van der Waals surface area contributed by atoms with Gasteiger partial charge in [-0.2, -0.15) is 0 Å². The molecule has 0 spiro atoms. The fourth-order valence-corrected chi connectivity index (χ4v) is 5.13. The van der Waals surface area contributed by atoms with Crippen molar-refractivity contribution >= 4 is 11.5 Å². The molecule has 3 aromatic rings. The molecule has 31 heavy (non-hydrogen) atoms. The van der Waals surface area contributed by atoms with E-state index in [0.717, 1.165) is 68.0 Å². The quantitative estimate of drug-likeness (QED) is 0.696. The van der Waals surface area contributed by atoms with Crippen molar-refractivity contribution in [2.75, 3.05) is 38.1 Å². The number of pyridine rings is 2. The maximum Gasteiger partial charge on any atom is 0.141 e. The van der Waals surface area contributed by atoms with E-state index in [0.29, 0.717) is 0 Å². The number of aryl methyl sites for hydroxylation is 2. The van der Waals surface area contributed by atoms with E-state index in [1.54, 1.807) is 6.07 Å². The van der Waals surface area contributed by atoms with Crippen molar-refractivity contribution in [2.45, 2.75) is 45.2 Å². The maximum absolute atomic E-state index is 13.5. The fourth-order valence-electron chi connectivity index (χ4n) is 5.13. The first kappa shape index (κ1) is 20.4. The molecule has 1 N–H and O–H groups in total. The lowest BCUT2D eigenvalue weighted by Crippen LogP contribution is -2.45. The molecule has 3 aromatic heterocycles. The first-order chi connectivity index (χ1) is 15.0. The summed E-state index contributed by atoms with van der Waals surface area (Å²) in [7, 11) is 2.18. The van der Waals surface area contributed by atoms with Gasteiger partial charge in [0, 0.05) is 31.9 Å². The fraction of sp³-hybridized carbons (Fsp3) is 0.500. The second-order valence-corrected chi connectivity index (χ2v) is 9.01. The number of piperazine rings is 1. The maximum atomic E-state index is 13.5. The Morgan fingerprint density at radius 2 is 1.77 bits per heavy atom. The smallest absolute Gasteiger partial charge is 0.141 e. The topological polar surface area (TPSA) is 48.7 Å². The van der Waals surface area contributed by atoms with Gasteiger partial charge in [-0.15, -0.1) is 0 Å². The monoisotopic (exact) mass is 422 g/mol. The minimum atomic E-state index is -0.277. The number of fused-ring (bicyclic) bond motifs is 1. The Bertz CT molecular complexity index is 1090. The van der Waals surface area contributed by atoms with E-state index in [9.17, 15) is 4.39 Å². The minimum absolute atomic E-state index is 0.126. The van der Waals surface area contributed by atoms with Gasteiger partial charge in [-0.3, -0.25) is 9.38 Å². The average molecular weight is 423 g/mol. The lowest BCUT2D eigenvalue weighted by atomic mass is 9.92. The van der Waals surface area contributed by atoms with Crippen LogP contribution in [0.2, 0.25) is 0 Å². The zero-order valence-corrected chi connectivity index (χ0v) is 18.6. The molecule has 2 atom stereocenters. The van der Waals surface area contributed by atoms with Gasteiger partial charge < -0.3 is 15.1 Å². The van der Waals surface area contributed by atoms with Crippen LogP contribution in [0.15, 0.2) is 30.5 Å². The number of piperidine rings is 1. The van der Waals surface area contributed by atoms with Gasteiger partial charge in [0.2, 0.25) is 0 Å². The molecule has 2 aliphatic heterocycles. The number of halogens is 1. The minimum Gasteiger partial charge on any atom is -0.355 e. The summed E-state index contributed by atoms with van der Waals surface area (Å²) in [6, 6.07) is 8.29. The molecule has 0 unspecified atom stereocenters. The summed E-state index contributed by atoms with van der Waals surface area (Å²) in [6.45, 7) is 8.33. The third-order valence-electron chi connectivity index (χ3n) is 6.85. The van der Waals surface area contributed by atoms with E-state index >= 15 is 0 Å². The second kappa shape index (κ2) is 8.20. The molecule has 0 aromatic carbocycles. The standard InChI is InChI=1S/C24H31FN6/c1-16-14-18(25)15-26-23(16)19-6-4-7-20(27-19)24-17(2)31-21(28-24)8-5-9-22(31)30-12-10-29(3)11-13-30/h5,8-9,14-15,19-20,27H,4,6-7,10-13H2,1-3H3/t19-,20+/m0/s1. The van der Waals surface area contributed by atoms with E-state index in [4.69, 9.17) is 4.98 Å². The average Bonchev–Trinajstić information content (AvgIpc) is 3.11. The number of hydrogen-bond acceptors (Lipinski definition) is 5. The van der Waals surface area contributed by atoms with Crippen LogP contribution in [0, 0.1) is 19.7 Å². The zero-order valence-electron chi connectivity index (χ0n) is 18.6. The van der Waals surface area contributed by atoms with Gasteiger partial charge in [-0.25, -0.2) is 9.37 Å². The predicted molar refractivity (Wildman–Crippen MR) is 121 cm³/mol. The highest BCUT2D eigenvalue weighted by atomic mass is 19.1. The summed E-state index contributed by atoms with van der Waals surface area (Å²) in [5, 5.41) is 3.77. The van der Waals surface area contributed by atoms with Crippen molar-refractivity contribution in [3.63, 3.8) is 0 Å². The largest absolute Gasteiger partial charge is 0.355 e. The third-order valence-corrected chi connectivity index (χ3v) is 6.85. The van der Waals surface area contributed by atoms with Gasteiger partial charge in [0.05, 0.1) is 29.7 Å². The van der Waals surface area contributed by atoms with E-state index in [1.165, 1.54) is 17.7 Å². The molecule has 0 radical (unpaired) electrons. The molecule has 7 heteroatoms. The molecule has 0 bridgehead atoms. The Labute approximate surface area is 183 Å². The Morgan fingerprint density at radius 1 is 1.03 bits per heavy atom. The highest BCUT2D eigenvalue weighted by molar-refractivity contribution is 5.55. The molecule has 0 aliphatic carbocycles. The van der Waals surface area contributed by atoms with Gasteiger partial charge in [0.1, 0.15) is 17.3 Å². The lowest BCUT2D eigenvalue weighted by molar-refractivity contribution is 0.311. The second-order valence-electron chi connectivity index (χ2n) is 9.01. The first-order valence-corrected chi connectivity index (χ1v) is 11.3. The summed E-state index contributed by atoms with van der Waals surface area (Å²) in [4.78, 5) is 14.3. The number of hydrogen-bond donors (Lipinski definition) is 1. The van der Waals surface area contributed by atoms with Crippen molar-refractivity contribution in [1.82, 2.24) is 24.6 Å². The lowest BCUT2D eigenvalue weighted by Gasteiger charge is -2.34. The van der Waals surface area contributed by atoms with Crippen molar-refractivity contribution in [1.29, 1.82) is 0 Å². The van der Waals surface area contributed by atoms with Crippen LogP contribution >= 0.6 is 0 Å². The molecular formula is C24H31FN6. The SMILES string of the molecule is Cc1cc(F)cnc1[C@@H]1CCC[C@H](c2nc3cccc(N4CCN(C)CC4)n3c2C)N1. The summed E-state index contributed by atoms with van der Waals surface area (Å²) in [6.07, 6.45) is 4.48. The molecule has 0 amide bonds. The Kier molecular flexibility index (Phi) is 5.40. The van der Waals surface area contributed by atoms with Crippen molar-refractivity contribution in [3.8, 4) is 0 Å². The number of anilines is 1. The van der Waals surface area contributed by atoms with Gasteiger partial charge in [-0.05, 0) is 63.9 Å². The predicted octanol–water partition coefficient (Wildman–Crippen LogP) is 3.79. The number of imidazole rings is 1. The van der Waals surface area contributed by atoms with Crippen LogP contribution in [0.25, 0.3) is 5.65 Å². The van der Waals surface area contributed by atoms with Crippen LogP contribution in [0.4, 0.5) is 10.2 Å². The van der Waals surface area contributed by atoms with Crippen molar-refractivity contribution < 1.29 is 4.39 Å². The van der Waals surface area contributed by atoms with Crippen molar-refractivity contribution in [2.24, 2.45) is 0 Å². The summed E-state index contributed by atoms with van der Waals surface area (Å²) < 4.78 is 15.9. The Hall–Kier alpha value is -2.51. The van der Waals surface area contributed by atoms with Crippen LogP contribution in [0.5, 0.6) is 0 Å². The van der Waals surface area contributed by atoms with Crippen LogP contribution in [0.1, 0.15) is 54.0 Å².